The Morgan fingerprint density at radius 3 is 1.43 bits per heavy atom. The number of primary amides is 2. The number of nitrogens with two attached hydrogens (primary N) is 2. The molecule has 0 radical (unpaired) electrons. The summed E-state index contributed by atoms with van der Waals surface area (Å²) in [5.41, 5.74) is 9.75. The summed E-state index contributed by atoms with van der Waals surface area (Å²) in [5, 5.41) is 0. The van der Waals surface area contributed by atoms with Crippen LogP contribution in [0.4, 0.5) is 0 Å². The zero-order chi connectivity index (χ0) is 18.1. The molecule has 0 atom stereocenters. The van der Waals surface area contributed by atoms with E-state index in [9.17, 15) is 18.0 Å². The van der Waals surface area contributed by atoms with Gasteiger partial charge in [-0.1, -0.05) is 58.3 Å². The van der Waals surface area contributed by atoms with Crippen LogP contribution in [0.5, 0.6) is 0 Å². The highest BCUT2D eigenvalue weighted by Crippen LogP contribution is 2.10. The fourth-order valence-electron chi connectivity index (χ4n) is 1.90. The summed E-state index contributed by atoms with van der Waals surface area (Å²) in [6.07, 6.45) is 13.1. The van der Waals surface area contributed by atoms with Crippen molar-refractivity contribution in [2.24, 2.45) is 11.5 Å². The van der Waals surface area contributed by atoms with Gasteiger partial charge in [0.05, 0.1) is 5.75 Å². The van der Waals surface area contributed by atoms with Crippen LogP contribution in [-0.4, -0.2) is 32.2 Å². The third kappa shape index (κ3) is 29.5. The molecule has 0 aromatic heterocycles. The monoisotopic (exact) mass is 350 g/mol. The first kappa shape index (κ1) is 24.1. The van der Waals surface area contributed by atoms with E-state index in [0.29, 0.717) is 6.42 Å². The van der Waals surface area contributed by atoms with E-state index in [4.69, 9.17) is 11.5 Å². The highest BCUT2D eigenvalue weighted by atomic mass is 32.2. The van der Waals surface area contributed by atoms with Gasteiger partial charge in [-0.2, -0.15) is 0 Å². The van der Waals surface area contributed by atoms with Crippen molar-refractivity contribution < 1.29 is 18.0 Å². The van der Waals surface area contributed by atoms with Crippen LogP contribution in [0.15, 0.2) is 0 Å². The number of hydrogen-bond acceptors (Lipinski definition) is 4. The van der Waals surface area contributed by atoms with Gasteiger partial charge in [-0.3, -0.25) is 9.59 Å². The number of unbranched alkanes of at least 4 members (excludes halogenated alkanes) is 8. The van der Waals surface area contributed by atoms with E-state index < -0.39 is 15.7 Å². The molecule has 0 aliphatic carbocycles. The molecule has 0 saturated heterocycles. The fraction of sp³-hybridized carbons (Fsp3) is 0.875. The molecule has 4 N–H and O–H groups in total. The molecule has 2 amide bonds. The molecular formula is C16H34N2O4S. The fourth-order valence-corrected chi connectivity index (χ4v) is 2.47. The molecule has 0 fully saturated rings. The van der Waals surface area contributed by atoms with Crippen molar-refractivity contribution in [3.8, 4) is 0 Å². The number of carbonyl (C=O) groups excluding carboxylic acids is 2. The molecule has 0 aromatic rings. The lowest BCUT2D eigenvalue weighted by atomic mass is 10.1. The van der Waals surface area contributed by atoms with Crippen molar-refractivity contribution in [2.75, 3.05) is 12.0 Å². The summed E-state index contributed by atoms with van der Waals surface area (Å²) in [6.45, 7) is 2.24. The van der Waals surface area contributed by atoms with Crippen LogP contribution in [0.2, 0.25) is 0 Å². The molecule has 0 rings (SSSR count). The first-order chi connectivity index (χ1) is 10.7. The van der Waals surface area contributed by atoms with Gasteiger partial charge in [0.1, 0.15) is 9.84 Å². The Bertz CT molecular complexity index is 408. The molecule has 6 nitrogen and oxygen atoms in total. The quantitative estimate of drug-likeness (QED) is 0.495. The lowest BCUT2D eigenvalue weighted by Crippen LogP contribution is -2.16. The summed E-state index contributed by atoms with van der Waals surface area (Å²) in [7, 11) is -3.02. The van der Waals surface area contributed by atoms with Gasteiger partial charge in [0, 0.05) is 19.1 Å². The predicted octanol–water partition coefficient (Wildman–Crippen LogP) is 2.30. The van der Waals surface area contributed by atoms with Gasteiger partial charge in [-0.05, 0) is 6.42 Å². The largest absolute Gasteiger partial charge is 0.370 e. The van der Waals surface area contributed by atoms with E-state index in [0.717, 1.165) is 19.1 Å². The first-order valence-corrected chi connectivity index (χ1v) is 10.5. The number of hydrogen-bond donors (Lipinski definition) is 2. The SMILES string of the molecule is CCCCCCCCCCCC(N)=O.CS(=O)(=O)CCC(N)=O. The van der Waals surface area contributed by atoms with E-state index in [1.165, 1.54) is 44.9 Å². The Balaban J connectivity index is 0. The predicted molar refractivity (Wildman–Crippen MR) is 94.6 cm³/mol. The number of rotatable bonds is 13. The molecule has 0 aromatic carbocycles. The van der Waals surface area contributed by atoms with Gasteiger partial charge >= 0.3 is 0 Å². The maximum absolute atomic E-state index is 10.4. The van der Waals surface area contributed by atoms with Crippen LogP contribution in [0.25, 0.3) is 0 Å². The Hall–Kier alpha value is -1.11. The lowest BCUT2D eigenvalue weighted by molar-refractivity contribution is -0.118. The van der Waals surface area contributed by atoms with E-state index in [-0.39, 0.29) is 18.1 Å². The van der Waals surface area contributed by atoms with Crippen LogP contribution < -0.4 is 11.5 Å². The van der Waals surface area contributed by atoms with Crippen molar-refractivity contribution in [2.45, 2.75) is 77.6 Å². The Morgan fingerprint density at radius 1 is 0.739 bits per heavy atom. The zero-order valence-corrected chi connectivity index (χ0v) is 15.5. The van der Waals surface area contributed by atoms with Crippen LogP contribution in [0, 0.1) is 0 Å². The second-order valence-corrected chi connectivity index (χ2v) is 8.15. The summed E-state index contributed by atoms with van der Waals surface area (Å²) in [6, 6.07) is 0. The molecule has 0 bridgehead atoms. The van der Waals surface area contributed by atoms with Crippen molar-refractivity contribution in [1.29, 1.82) is 0 Å². The van der Waals surface area contributed by atoms with Crippen molar-refractivity contribution >= 4 is 21.7 Å². The highest BCUT2D eigenvalue weighted by Gasteiger charge is 2.03. The zero-order valence-electron chi connectivity index (χ0n) is 14.7. The van der Waals surface area contributed by atoms with Gasteiger partial charge in [0.25, 0.3) is 0 Å². The minimum atomic E-state index is -3.02. The van der Waals surface area contributed by atoms with E-state index >= 15 is 0 Å². The summed E-state index contributed by atoms with van der Waals surface area (Å²) in [5.74, 6) is -0.893. The number of amides is 2. The molecule has 0 aliphatic heterocycles. The van der Waals surface area contributed by atoms with Gasteiger partial charge in [-0.25, -0.2) is 8.42 Å². The molecule has 0 spiro atoms. The molecule has 0 unspecified atom stereocenters. The minimum Gasteiger partial charge on any atom is -0.370 e. The third-order valence-electron chi connectivity index (χ3n) is 3.25. The Labute approximate surface area is 141 Å². The van der Waals surface area contributed by atoms with Crippen molar-refractivity contribution in [3.63, 3.8) is 0 Å². The van der Waals surface area contributed by atoms with E-state index in [1.54, 1.807) is 0 Å². The molecule has 23 heavy (non-hydrogen) atoms. The Morgan fingerprint density at radius 2 is 1.13 bits per heavy atom. The second kappa shape index (κ2) is 15.8. The van der Waals surface area contributed by atoms with Gasteiger partial charge in [-0.15, -0.1) is 0 Å². The Kier molecular flexibility index (Phi) is 16.6. The van der Waals surface area contributed by atoms with Gasteiger partial charge in [0.15, 0.2) is 0 Å². The summed E-state index contributed by atoms with van der Waals surface area (Å²) < 4.78 is 20.7. The van der Waals surface area contributed by atoms with Gasteiger partial charge in [0.2, 0.25) is 11.8 Å². The second-order valence-electron chi connectivity index (χ2n) is 5.89. The summed E-state index contributed by atoms with van der Waals surface area (Å²) in [4.78, 5) is 20.4. The molecule has 0 saturated carbocycles. The molecule has 0 aliphatic rings. The van der Waals surface area contributed by atoms with Crippen molar-refractivity contribution in [1.82, 2.24) is 0 Å². The molecule has 138 valence electrons. The first-order valence-electron chi connectivity index (χ1n) is 8.43. The third-order valence-corrected chi connectivity index (χ3v) is 4.19. The molecular weight excluding hydrogens is 316 g/mol. The minimum absolute atomic E-state index is 0.0845. The summed E-state index contributed by atoms with van der Waals surface area (Å²) >= 11 is 0. The number of sulfone groups is 1. The lowest BCUT2D eigenvalue weighted by Gasteiger charge is -2.00. The topological polar surface area (TPSA) is 120 Å². The average molecular weight is 351 g/mol. The van der Waals surface area contributed by atoms with Crippen LogP contribution in [0.1, 0.15) is 77.6 Å². The maximum Gasteiger partial charge on any atom is 0.218 e. The number of carbonyl (C=O) groups is 2. The normalized spacial score (nSPS) is 10.7. The molecule has 7 heteroatoms. The maximum atomic E-state index is 10.4. The highest BCUT2D eigenvalue weighted by molar-refractivity contribution is 7.90. The average Bonchev–Trinajstić information content (AvgIpc) is 2.43. The standard InChI is InChI=1S/C12H25NO.C4H9NO3S/c1-2-3-4-5-6-7-8-9-10-11-12(13)14;1-9(7,8)3-2-4(5)6/h2-11H2,1H3,(H2,13,14);2-3H2,1H3,(H2,5,6). The van der Waals surface area contributed by atoms with Gasteiger partial charge < -0.3 is 11.5 Å². The van der Waals surface area contributed by atoms with Crippen LogP contribution in [0.3, 0.4) is 0 Å². The van der Waals surface area contributed by atoms with E-state index in [1.807, 2.05) is 0 Å². The van der Waals surface area contributed by atoms with Crippen molar-refractivity contribution in [3.05, 3.63) is 0 Å². The van der Waals surface area contributed by atoms with Crippen LogP contribution in [-0.2, 0) is 19.4 Å². The van der Waals surface area contributed by atoms with E-state index in [2.05, 4.69) is 6.92 Å². The smallest absolute Gasteiger partial charge is 0.218 e. The van der Waals surface area contributed by atoms with Crippen LogP contribution >= 0.6 is 0 Å². The molecule has 0 heterocycles.